The van der Waals surface area contributed by atoms with E-state index in [4.69, 9.17) is 18.9 Å². The van der Waals surface area contributed by atoms with Gasteiger partial charge in [0.05, 0.1) is 28.4 Å². The second-order valence-electron chi connectivity index (χ2n) is 5.51. The molecule has 0 bridgehead atoms. The van der Waals surface area contributed by atoms with Crippen LogP contribution in [0.2, 0.25) is 0 Å². The molecule has 2 aromatic rings. The molecule has 0 spiro atoms. The molecule has 0 unspecified atom stereocenters. The summed E-state index contributed by atoms with van der Waals surface area (Å²) in [6.07, 6.45) is 2.29. The fourth-order valence-corrected chi connectivity index (χ4v) is 2.81. The lowest BCUT2D eigenvalue weighted by atomic mass is 10.0. The Labute approximate surface area is 147 Å². The molecule has 0 aromatic heterocycles. The molecule has 0 aliphatic heterocycles. The van der Waals surface area contributed by atoms with Gasteiger partial charge in [0.1, 0.15) is 0 Å². The van der Waals surface area contributed by atoms with Crippen molar-refractivity contribution in [1.82, 2.24) is 0 Å². The average molecular weight is 348 g/mol. The summed E-state index contributed by atoms with van der Waals surface area (Å²) in [5.41, 5.74) is 1.89. The lowest BCUT2D eigenvalue weighted by Gasteiger charge is -2.17. The zero-order chi connectivity index (χ0) is 18.4. The van der Waals surface area contributed by atoms with Crippen molar-refractivity contribution in [1.29, 1.82) is 0 Å². The molecule has 0 saturated carbocycles. The molecule has 25 heavy (non-hydrogen) atoms. The molecule has 0 aliphatic carbocycles. The van der Waals surface area contributed by atoms with Crippen molar-refractivity contribution in [2.75, 3.05) is 28.4 Å². The van der Waals surface area contributed by atoms with E-state index in [2.05, 4.69) is 0 Å². The maximum absolute atomic E-state index is 10.1. The van der Waals surface area contributed by atoms with Crippen LogP contribution >= 0.6 is 0 Å². The van der Waals surface area contributed by atoms with Gasteiger partial charge in [0.25, 0.3) is 0 Å². The maximum atomic E-state index is 10.1. The van der Waals surface area contributed by atoms with Crippen LogP contribution in [0.3, 0.4) is 0 Å². The van der Waals surface area contributed by atoms with E-state index < -0.39 is 0 Å². The Morgan fingerprint density at radius 3 is 2.00 bits per heavy atom. The predicted molar refractivity (Wildman–Crippen MR) is 94.4 cm³/mol. The Hall–Kier alpha value is -2.76. The van der Waals surface area contributed by atoms with Gasteiger partial charge in [-0.3, -0.25) is 0 Å². The second-order valence-corrected chi connectivity index (χ2v) is 5.51. The summed E-state index contributed by atoms with van der Waals surface area (Å²) in [5.74, 6) is 1.79. The van der Waals surface area contributed by atoms with Gasteiger partial charge in [-0.1, -0.05) is 6.07 Å². The van der Waals surface area contributed by atoms with Crippen LogP contribution in [-0.4, -0.2) is 38.7 Å². The van der Waals surface area contributed by atoms with Crippen LogP contribution in [0, 0.1) is 0 Å². The van der Waals surface area contributed by atoms with Crippen LogP contribution in [0.1, 0.15) is 17.5 Å². The third-order valence-corrected chi connectivity index (χ3v) is 4.02. The number of aryl methyl sites for hydroxylation is 2. The number of aromatic hydroxyl groups is 2. The Bertz CT molecular complexity index is 726. The van der Waals surface area contributed by atoms with Crippen LogP contribution in [0.4, 0.5) is 0 Å². The monoisotopic (exact) mass is 348 g/mol. The minimum atomic E-state index is 0.0152. The number of phenolic OH excluding ortho intramolecular Hbond substituents is 2. The minimum Gasteiger partial charge on any atom is -0.504 e. The number of rotatable bonds is 8. The molecule has 0 atom stereocenters. The van der Waals surface area contributed by atoms with Gasteiger partial charge < -0.3 is 29.2 Å². The van der Waals surface area contributed by atoms with Gasteiger partial charge in [0.2, 0.25) is 11.5 Å². The van der Waals surface area contributed by atoms with Gasteiger partial charge >= 0.3 is 0 Å². The molecule has 136 valence electrons. The molecular weight excluding hydrogens is 324 g/mol. The SMILES string of the molecule is COc1cc(CCCc2cc(O)c(OC)c(OC)c2OC)ccc1O. The Morgan fingerprint density at radius 1 is 0.720 bits per heavy atom. The van der Waals surface area contributed by atoms with Gasteiger partial charge in [0, 0.05) is 5.56 Å². The molecule has 6 heteroatoms. The Balaban J connectivity index is 2.16. The quantitative estimate of drug-likeness (QED) is 0.762. The fraction of sp³-hybridized carbons (Fsp3) is 0.368. The van der Waals surface area contributed by atoms with E-state index in [1.54, 1.807) is 19.2 Å². The van der Waals surface area contributed by atoms with E-state index in [0.717, 1.165) is 24.0 Å². The number of ether oxygens (including phenoxy) is 4. The lowest BCUT2D eigenvalue weighted by Crippen LogP contribution is -2.00. The third kappa shape index (κ3) is 4.02. The first kappa shape index (κ1) is 18.6. The summed E-state index contributed by atoms with van der Waals surface area (Å²) < 4.78 is 21.1. The van der Waals surface area contributed by atoms with Crippen LogP contribution in [-0.2, 0) is 12.8 Å². The summed E-state index contributed by atoms with van der Waals surface area (Å²) in [5, 5.41) is 19.8. The van der Waals surface area contributed by atoms with Gasteiger partial charge in [-0.15, -0.1) is 0 Å². The van der Waals surface area contributed by atoms with E-state index >= 15 is 0 Å². The van der Waals surface area contributed by atoms with Crippen molar-refractivity contribution in [3.05, 3.63) is 35.4 Å². The van der Waals surface area contributed by atoms with Crippen LogP contribution in [0.15, 0.2) is 24.3 Å². The van der Waals surface area contributed by atoms with Crippen molar-refractivity contribution in [2.45, 2.75) is 19.3 Å². The van der Waals surface area contributed by atoms with Crippen molar-refractivity contribution < 1.29 is 29.2 Å². The minimum absolute atomic E-state index is 0.0152. The standard InChI is InChI=1S/C19H24O6/c1-22-16-10-12(8-9-14(16)20)6-5-7-13-11-15(21)18(24-3)19(25-4)17(13)23-2/h8-11,20-21H,5-7H2,1-4H3. The van der Waals surface area contributed by atoms with E-state index in [1.807, 2.05) is 12.1 Å². The summed E-state index contributed by atoms with van der Waals surface area (Å²) in [7, 11) is 6.06. The third-order valence-electron chi connectivity index (χ3n) is 4.02. The molecule has 0 fully saturated rings. The summed E-state index contributed by atoms with van der Waals surface area (Å²) in [6, 6.07) is 6.94. The van der Waals surface area contributed by atoms with Gasteiger partial charge in [-0.2, -0.15) is 0 Å². The maximum Gasteiger partial charge on any atom is 0.207 e. The van der Waals surface area contributed by atoms with Crippen LogP contribution in [0.25, 0.3) is 0 Å². The number of hydrogen-bond donors (Lipinski definition) is 2. The topological polar surface area (TPSA) is 77.4 Å². The smallest absolute Gasteiger partial charge is 0.207 e. The van der Waals surface area contributed by atoms with Crippen molar-refractivity contribution >= 4 is 0 Å². The first-order chi connectivity index (χ1) is 12.0. The van der Waals surface area contributed by atoms with Gasteiger partial charge in [-0.05, 0) is 43.0 Å². The second kappa shape index (κ2) is 8.37. The molecule has 2 aromatic carbocycles. The lowest BCUT2D eigenvalue weighted by molar-refractivity contribution is 0.308. The Morgan fingerprint density at radius 2 is 1.40 bits per heavy atom. The molecule has 2 N–H and O–H groups in total. The van der Waals surface area contributed by atoms with E-state index in [0.29, 0.717) is 23.7 Å². The summed E-state index contributed by atoms with van der Waals surface area (Å²) in [4.78, 5) is 0. The molecule has 6 nitrogen and oxygen atoms in total. The normalized spacial score (nSPS) is 10.4. The molecule has 0 amide bonds. The average Bonchev–Trinajstić information content (AvgIpc) is 2.62. The molecule has 0 heterocycles. The predicted octanol–water partition coefficient (Wildman–Crippen LogP) is 3.31. The van der Waals surface area contributed by atoms with Crippen LogP contribution in [0.5, 0.6) is 34.5 Å². The largest absolute Gasteiger partial charge is 0.504 e. The van der Waals surface area contributed by atoms with Crippen molar-refractivity contribution in [3.8, 4) is 34.5 Å². The molecule has 0 radical (unpaired) electrons. The number of benzene rings is 2. The first-order valence-corrected chi connectivity index (χ1v) is 7.92. The molecule has 0 aliphatic rings. The highest BCUT2D eigenvalue weighted by molar-refractivity contribution is 5.62. The number of phenols is 2. The van der Waals surface area contributed by atoms with Gasteiger partial charge in [0.15, 0.2) is 23.0 Å². The van der Waals surface area contributed by atoms with E-state index in [1.165, 1.54) is 21.3 Å². The molecule has 0 saturated heterocycles. The molecule has 2 rings (SSSR count). The van der Waals surface area contributed by atoms with E-state index in [9.17, 15) is 10.2 Å². The van der Waals surface area contributed by atoms with Crippen molar-refractivity contribution in [2.24, 2.45) is 0 Å². The van der Waals surface area contributed by atoms with Gasteiger partial charge in [-0.25, -0.2) is 0 Å². The Kier molecular flexibility index (Phi) is 6.22. The first-order valence-electron chi connectivity index (χ1n) is 7.92. The number of hydrogen-bond acceptors (Lipinski definition) is 6. The van der Waals surface area contributed by atoms with Crippen LogP contribution < -0.4 is 18.9 Å². The highest BCUT2D eigenvalue weighted by Gasteiger charge is 2.20. The van der Waals surface area contributed by atoms with E-state index in [-0.39, 0.29) is 17.2 Å². The zero-order valence-corrected chi connectivity index (χ0v) is 15.0. The zero-order valence-electron chi connectivity index (χ0n) is 15.0. The highest BCUT2D eigenvalue weighted by Crippen LogP contribution is 2.46. The highest BCUT2D eigenvalue weighted by atomic mass is 16.5. The fourth-order valence-electron chi connectivity index (χ4n) is 2.81. The number of methoxy groups -OCH3 is 4. The summed E-state index contributed by atoms with van der Waals surface area (Å²) >= 11 is 0. The summed E-state index contributed by atoms with van der Waals surface area (Å²) in [6.45, 7) is 0. The molecular formula is C19H24O6. The van der Waals surface area contributed by atoms with Crippen molar-refractivity contribution in [3.63, 3.8) is 0 Å².